The molecule has 1 aromatic carbocycles. The van der Waals surface area contributed by atoms with E-state index in [0.29, 0.717) is 31.6 Å². The van der Waals surface area contributed by atoms with Gasteiger partial charge in [0.05, 0.1) is 0 Å². The number of fused-ring (bicyclic) bond motifs is 1. The summed E-state index contributed by atoms with van der Waals surface area (Å²) in [6.07, 6.45) is 0.271. The summed E-state index contributed by atoms with van der Waals surface area (Å²) in [7, 11) is 0. The monoisotopic (exact) mass is 275 g/mol. The molecule has 2 amide bonds. The van der Waals surface area contributed by atoms with Crippen LogP contribution in [0.5, 0.6) is 0 Å². The van der Waals surface area contributed by atoms with Crippen molar-refractivity contribution in [3.8, 4) is 0 Å². The van der Waals surface area contributed by atoms with Gasteiger partial charge in [-0.25, -0.2) is 0 Å². The number of nitrogens with zero attached hydrogens (tertiary/aromatic N) is 1. The van der Waals surface area contributed by atoms with Gasteiger partial charge in [-0.15, -0.1) is 0 Å². The molecule has 0 saturated carbocycles. The van der Waals surface area contributed by atoms with Crippen molar-refractivity contribution in [1.29, 1.82) is 0 Å². The zero-order valence-electron chi connectivity index (χ0n) is 11.0. The van der Waals surface area contributed by atoms with E-state index < -0.39 is 0 Å². The Morgan fingerprint density at radius 1 is 1.40 bits per heavy atom. The van der Waals surface area contributed by atoms with Crippen LogP contribution >= 0.6 is 0 Å². The fourth-order valence-corrected chi connectivity index (χ4v) is 2.33. The largest absolute Gasteiger partial charge is 0.351 e. The zero-order valence-corrected chi connectivity index (χ0v) is 11.0. The van der Waals surface area contributed by atoms with Crippen LogP contribution in [0.3, 0.4) is 0 Å². The lowest BCUT2D eigenvalue weighted by molar-refractivity contribution is -0.121. The van der Waals surface area contributed by atoms with Crippen LogP contribution in [0.4, 0.5) is 0 Å². The number of rotatable bonds is 4. The van der Waals surface area contributed by atoms with Crippen molar-refractivity contribution >= 4 is 11.8 Å². The molecule has 2 aliphatic heterocycles. The second-order valence-electron chi connectivity index (χ2n) is 4.92. The molecule has 2 N–H and O–H groups in total. The highest BCUT2D eigenvalue weighted by Gasteiger charge is 2.46. The average Bonchev–Trinajstić information content (AvgIpc) is 3.22. The Morgan fingerprint density at radius 2 is 2.20 bits per heavy atom. The van der Waals surface area contributed by atoms with Gasteiger partial charge >= 0.3 is 0 Å². The summed E-state index contributed by atoms with van der Waals surface area (Å²) in [4.78, 5) is 25.3. The second-order valence-corrected chi connectivity index (χ2v) is 4.92. The van der Waals surface area contributed by atoms with Gasteiger partial charge in [-0.1, -0.05) is 18.2 Å². The van der Waals surface area contributed by atoms with E-state index in [1.54, 1.807) is 12.1 Å². The number of ether oxygens (including phenoxy) is 1. The molecule has 2 fully saturated rings. The Labute approximate surface area is 117 Å². The first kappa shape index (κ1) is 13.1. The molecule has 2 saturated heterocycles. The van der Waals surface area contributed by atoms with Gasteiger partial charge in [0.1, 0.15) is 0 Å². The third-order valence-electron chi connectivity index (χ3n) is 3.48. The number of benzene rings is 1. The van der Waals surface area contributed by atoms with Gasteiger partial charge in [-0.05, 0) is 12.1 Å². The number of carbonyl (C=O) groups is 2. The molecule has 106 valence electrons. The van der Waals surface area contributed by atoms with Crippen LogP contribution in [0.25, 0.3) is 0 Å². The third-order valence-corrected chi connectivity index (χ3v) is 3.48. The third kappa shape index (κ3) is 2.97. The predicted molar refractivity (Wildman–Crippen MR) is 71.8 cm³/mol. The highest BCUT2D eigenvalue weighted by molar-refractivity contribution is 5.94. The SMILES string of the molecule is O=C1CCN(CCNC(=O)c2ccccc2)C2OC2N1. The van der Waals surface area contributed by atoms with Crippen molar-refractivity contribution in [2.24, 2.45) is 0 Å². The smallest absolute Gasteiger partial charge is 0.251 e. The van der Waals surface area contributed by atoms with E-state index in [9.17, 15) is 9.59 Å². The van der Waals surface area contributed by atoms with Crippen LogP contribution < -0.4 is 10.6 Å². The van der Waals surface area contributed by atoms with Crippen molar-refractivity contribution in [2.75, 3.05) is 19.6 Å². The van der Waals surface area contributed by atoms with Crippen molar-refractivity contribution in [1.82, 2.24) is 15.5 Å². The molecule has 2 heterocycles. The summed E-state index contributed by atoms with van der Waals surface area (Å²) < 4.78 is 5.36. The summed E-state index contributed by atoms with van der Waals surface area (Å²) in [5.74, 6) is -0.0591. The highest BCUT2D eigenvalue weighted by Crippen LogP contribution is 2.25. The lowest BCUT2D eigenvalue weighted by atomic mass is 10.2. The number of hydrogen-bond donors (Lipinski definition) is 2. The zero-order chi connectivity index (χ0) is 13.9. The fourth-order valence-electron chi connectivity index (χ4n) is 2.33. The van der Waals surface area contributed by atoms with Crippen molar-refractivity contribution < 1.29 is 14.3 Å². The van der Waals surface area contributed by atoms with Crippen LogP contribution in [-0.4, -0.2) is 48.8 Å². The van der Waals surface area contributed by atoms with Gasteiger partial charge in [-0.2, -0.15) is 0 Å². The number of hydrogen-bond acceptors (Lipinski definition) is 4. The van der Waals surface area contributed by atoms with Gasteiger partial charge in [-0.3, -0.25) is 14.5 Å². The van der Waals surface area contributed by atoms with Crippen molar-refractivity contribution in [3.63, 3.8) is 0 Å². The molecule has 6 heteroatoms. The van der Waals surface area contributed by atoms with Gasteiger partial charge in [0.2, 0.25) is 5.91 Å². The predicted octanol–water partition coefficient (Wildman–Crippen LogP) is -0.0793. The van der Waals surface area contributed by atoms with Crippen LogP contribution in [0.15, 0.2) is 30.3 Å². The lowest BCUT2D eigenvalue weighted by Crippen LogP contribution is -2.37. The van der Waals surface area contributed by atoms with E-state index in [1.165, 1.54) is 0 Å². The van der Waals surface area contributed by atoms with E-state index in [2.05, 4.69) is 15.5 Å². The van der Waals surface area contributed by atoms with Gasteiger partial charge in [0.15, 0.2) is 12.5 Å². The van der Waals surface area contributed by atoms with Crippen molar-refractivity contribution in [3.05, 3.63) is 35.9 Å². The molecule has 3 rings (SSSR count). The number of amides is 2. The first-order chi connectivity index (χ1) is 9.74. The van der Waals surface area contributed by atoms with Gasteiger partial charge < -0.3 is 15.4 Å². The molecule has 20 heavy (non-hydrogen) atoms. The maximum Gasteiger partial charge on any atom is 0.251 e. The Balaban J connectivity index is 1.46. The Bertz CT molecular complexity index is 506. The van der Waals surface area contributed by atoms with Crippen LogP contribution in [-0.2, 0) is 9.53 Å². The summed E-state index contributed by atoms with van der Waals surface area (Å²) in [6.45, 7) is 1.87. The van der Waals surface area contributed by atoms with Crippen LogP contribution in [0, 0.1) is 0 Å². The first-order valence-electron chi connectivity index (χ1n) is 6.76. The maximum atomic E-state index is 11.9. The molecule has 1 aromatic rings. The van der Waals surface area contributed by atoms with Crippen molar-refractivity contribution in [2.45, 2.75) is 18.9 Å². The highest BCUT2D eigenvalue weighted by atomic mass is 16.6. The summed E-state index contributed by atoms with van der Waals surface area (Å²) >= 11 is 0. The quantitative estimate of drug-likeness (QED) is 0.754. The average molecular weight is 275 g/mol. The molecule has 2 unspecified atom stereocenters. The molecule has 0 spiro atoms. The molecule has 6 nitrogen and oxygen atoms in total. The number of carbonyl (C=O) groups excluding carboxylic acids is 2. The minimum Gasteiger partial charge on any atom is -0.351 e. The molecule has 0 aromatic heterocycles. The summed E-state index contributed by atoms with van der Waals surface area (Å²) in [6, 6.07) is 9.11. The molecule has 2 atom stereocenters. The van der Waals surface area contributed by atoms with E-state index in [4.69, 9.17) is 4.74 Å². The Morgan fingerprint density at radius 3 is 3.00 bits per heavy atom. The minimum atomic E-state index is -0.171. The molecule has 0 radical (unpaired) electrons. The van der Waals surface area contributed by atoms with E-state index in [1.807, 2.05) is 18.2 Å². The standard InChI is InChI=1S/C14H17N3O3/c18-11-6-8-17(14-13(16-11)20-14)9-7-15-12(19)10-4-2-1-3-5-10/h1-5,13-14H,6-9H2,(H,15,19)(H,16,18). The summed E-state index contributed by atoms with van der Waals surface area (Å²) in [5.41, 5.74) is 0.653. The molecule has 0 bridgehead atoms. The number of nitrogens with one attached hydrogen (secondary N) is 2. The Kier molecular flexibility index (Phi) is 3.66. The first-order valence-corrected chi connectivity index (χ1v) is 6.76. The van der Waals surface area contributed by atoms with Crippen LogP contribution in [0.2, 0.25) is 0 Å². The topological polar surface area (TPSA) is 74.0 Å². The minimum absolute atomic E-state index is 0.0216. The Hall–Kier alpha value is -1.92. The second kappa shape index (κ2) is 5.60. The van der Waals surface area contributed by atoms with E-state index in [0.717, 1.165) is 0 Å². The molecule has 0 aliphatic carbocycles. The summed E-state index contributed by atoms with van der Waals surface area (Å²) in [5, 5.41) is 5.66. The van der Waals surface area contributed by atoms with Gasteiger partial charge in [0.25, 0.3) is 5.91 Å². The number of epoxide rings is 1. The molecule has 2 aliphatic rings. The lowest BCUT2D eigenvalue weighted by Gasteiger charge is -2.18. The molecular formula is C14H17N3O3. The van der Waals surface area contributed by atoms with E-state index >= 15 is 0 Å². The normalized spacial score (nSPS) is 25.3. The van der Waals surface area contributed by atoms with Crippen LogP contribution in [0.1, 0.15) is 16.8 Å². The van der Waals surface area contributed by atoms with E-state index in [-0.39, 0.29) is 24.3 Å². The molecular weight excluding hydrogens is 258 g/mol. The van der Waals surface area contributed by atoms with Gasteiger partial charge in [0, 0.05) is 31.6 Å². The fraction of sp³-hybridized carbons (Fsp3) is 0.429. The maximum absolute atomic E-state index is 11.9.